The van der Waals surface area contributed by atoms with Gasteiger partial charge in [0.1, 0.15) is 5.75 Å². The van der Waals surface area contributed by atoms with E-state index >= 15 is 0 Å². The summed E-state index contributed by atoms with van der Waals surface area (Å²) in [5.41, 5.74) is 1.23. The fourth-order valence-electron chi connectivity index (χ4n) is 1.46. The van der Waals surface area contributed by atoms with E-state index in [0.29, 0.717) is 5.56 Å². The molecule has 1 aromatic heterocycles. The zero-order valence-electron chi connectivity index (χ0n) is 9.06. The van der Waals surface area contributed by atoms with Crippen molar-refractivity contribution in [2.75, 3.05) is 14.2 Å². The summed E-state index contributed by atoms with van der Waals surface area (Å²) in [4.78, 5) is 15.5. The van der Waals surface area contributed by atoms with Gasteiger partial charge in [0, 0.05) is 17.6 Å². The van der Waals surface area contributed by atoms with Gasteiger partial charge in [-0.05, 0) is 18.2 Å². The number of aromatic nitrogens is 1. The van der Waals surface area contributed by atoms with Crippen LogP contribution in [0, 0.1) is 0 Å². The Morgan fingerprint density at radius 3 is 2.75 bits per heavy atom. The van der Waals surface area contributed by atoms with Gasteiger partial charge in [-0.1, -0.05) is 0 Å². The second kappa shape index (κ2) is 4.18. The van der Waals surface area contributed by atoms with Crippen LogP contribution in [0.25, 0.3) is 10.9 Å². The lowest BCUT2D eigenvalue weighted by molar-refractivity contribution is 0.0600. The second-order valence-corrected chi connectivity index (χ2v) is 3.27. The third kappa shape index (κ3) is 1.82. The van der Waals surface area contributed by atoms with E-state index in [1.165, 1.54) is 13.3 Å². The first kappa shape index (κ1) is 10.4. The Bertz CT molecular complexity index is 537. The molecule has 0 bridgehead atoms. The number of esters is 1. The van der Waals surface area contributed by atoms with Gasteiger partial charge < -0.3 is 9.47 Å². The topological polar surface area (TPSA) is 48.4 Å². The molecule has 16 heavy (non-hydrogen) atoms. The molecule has 0 aliphatic heterocycles. The number of nitrogens with zero attached hydrogens (tertiary/aromatic N) is 1. The van der Waals surface area contributed by atoms with Gasteiger partial charge in [0.2, 0.25) is 0 Å². The first-order chi connectivity index (χ1) is 7.74. The fourth-order valence-corrected chi connectivity index (χ4v) is 1.46. The Morgan fingerprint density at radius 2 is 2.06 bits per heavy atom. The van der Waals surface area contributed by atoms with Crippen molar-refractivity contribution in [3.8, 4) is 5.75 Å². The number of methoxy groups -OCH3 is 2. The highest BCUT2D eigenvalue weighted by Gasteiger charge is 2.07. The Labute approximate surface area is 92.8 Å². The van der Waals surface area contributed by atoms with Crippen molar-refractivity contribution < 1.29 is 14.3 Å². The van der Waals surface area contributed by atoms with Gasteiger partial charge in [-0.3, -0.25) is 4.98 Å². The number of rotatable bonds is 2. The molecule has 0 spiro atoms. The Balaban J connectivity index is 2.51. The van der Waals surface area contributed by atoms with Crippen LogP contribution < -0.4 is 4.74 Å². The maximum atomic E-state index is 11.3. The molecule has 0 amide bonds. The third-order valence-electron chi connectivity index (χ3n) is 2.31. The van der Waals surface area contributed by atoms with Crippen LogP contribution in [0.15, 0.2) is 30.5 Å². The SMILES string of the molecule is COC(=O)c1cnc2cc(OC)ccc2c1. The first-order valence-corrected chi connectivity index (χ1v) is 4.76. The van der Waals surface area contributed by atoms with Crippen LogP contribution in [0.2, 0.25) is 0 Å². The lowest BCUT2D eigenvalue weighted by atomic mass is 10.1. The highest BCUT2D eigenvalue weighted by Crippen LogP contribution is 2.19. The van der Waals surface area contributed by atoms with E-state index in [1.54, 1.807) is 13.2 Å². The van der Waals surface area contributed by atoms with Gasteiger partial charge >= 0.3 is 5.97 Å². The molecule has 0 saturated heterocycles. The number of fused-ring (bicyclic) bond motifs is 1. The van der Waals surface area contributed by atoms with Gasteiger partial charge in [0.25, 0.3) is 0 Å². The normalized spacial score (nSPS) is 10.1. The van der Waals surface area contributed by atoms with E-state index in [-0.39, 0.29) is 5.97 Å². The summed E-state index contributed by atoms with van der Waals surface area (Å²) < 4.78 is 9.72. The van der Waals surface area contributed by atoms with Crippen LogP contribution in [-0.4, -0.2) is 25.2 Å². The van der Waals surface area contributed by atoms with Crippen molar-refractivity contribution in [1.29, 1.82) is 0 Å². The smallest absolute Gasteiger partial charge is 0.339 e. The quantitative estimate of drug-likeness (QED) is 0.722. The maximum Gasteiger partial charge on any atom is 0.339 e. The molecule has 0 radical (unpaired) electrons. The molecule has 0 aliphatic carbocycles. The van der Waals surface area contributed by atoms with E-state index in [9.17, 15) is 4.79 Å². The molecule has 2 aromatic rings. The van der Waals surface area contributed by atoms with E-state index < -0.39 is 0 Å². The molecular weight excluding hydrogens is 206 g/mol. The summed E-state index contributed by atoms with van der Waals surface area (Å²) in [6, 6.07) is 7.24. The molecule has 0 fully saturated rings. The van der Waals surface area contributed by atoms with Crippen molar-refractivity contribution >= 4 is 16.9 Å². The predicted molar refractivity (Wildman–Crippen MR) is 59.6 cm³/mol. The molecule has 0 atom stereocenters. The van der Waals surface area contributed by atoms with E-state index in [0.717, 1.165) is 16.7 Å². The number of carbonyl (C=O) groups is 1. The van der Waals surface area contributed by atoms with Crippen molar-refractivity contribution in [2.45, 2.75) is 0 Å². The summed E-state index contributed by atoms with van der Waals surface area (Å²) >= 11 is 0. The summed E-state index contributed by atoms with van der Waals surface area (Å²) in [6.07, 6.45) is 1.49. The van der Waals surface area contributed by atoms with E-state index in [1.807, 2.05) is 18.2 Å². The van der Waals surface area contributed by atoms with Gasteiger partial charge in [0.05, 0.1) is 25.3 Å². The monoisotopic (exact) mass is 217 g/mol. The Hall–Kier alpha value is -2.10. The molecule has 1 aromatic carbocycles. The summed E-state index contributed by atoms with van der Waals surface area (Å²) in [6.45, 7) is 0. The van der Waals surface area contributed by atoms with Crippen LogP contribution in [0.1, 0.15) is 10.4 Å². The maximum absolute atomic E-state index is 11.3. The van der Waals surface area contributed by atoms with Crippen LogP contribution >= 0.6 is 0 Å². The largest absolute Gasteiger partial charge is 0.497 e. The molecular formula is C12H11NO3. The predicted octanol–water partition coefficient (Wildman–Crippen LogP) is 2.03. The van der Waals surface area contributed by atoms with Crippen LogP contribution in [0.5, 0.6) is 5.75 Å². The van der Waals surface area contributed by atoms with Gasteiger partial charge in [-0.2, -0.15) is 0 Å². The number of benzene rings is 1. The number of ether oxygens (including phenoxy) is 2. The number of carbonyl (C=O) groups excluding carboxylic acids is 1. The summed E-state index contributed by atoms with van der Waals surface area (Å²) in [5, 5.41) is 0.878. The number of hydrogen-bond donors (Lipinski definition) is 0. The Morgan fingerprint density at radius 1 is 1.25 bits per heavy atom. The molecule has 4 nitrogen and oxygen atoms in total. The molecule has 2 rings (SSSR count). The van der Waals surface area contributed by atoms with Crippen LogP contribution in [0.4, 0.5) is 0 Å². The molecule has 82 valence electrons. The van der Waals surface area contributed by atoms with Crippen molar-refractivity contribution in [3.63, 3.8) is 0 Å². The van der Waals surface area contributed by atoms with E-state index in [4.69, 9.17) is 4.74 Å². The second-order valence-electron chi connectivity index (χ2n) is 3.27. The van der Waals surface area contributed by atoms with Crippen molar-refractivity contribution in [2.24, 2.45) is 0 Å². The van der Waals surface area contributed by atoms with Gasteiger partial charge in [-0.15, -0.1) is 0 Å². The highest BCUT2D eigenvalue weighted by atomic mass is 16.5. The van der Waals surface area contributed by atoms with Crippen LogP contribution in [-0.2, 0) is 4.74 Å². The lowest BCUT2D eigenvalue weighted by Gasteiger charge is -2.03. The van der Waals surface area contributed by atoms with Gasteiger partial charge in [0.15, 0.2) is 0 Å². The lowest BCUT2D eigenvalue weighted by Crippen LogP contribution is -2.01. The van der Waals surface area contributed by atoms with Gasteiger partial charge in [-0.25, -0.2) is 4.79 Å². The average Bonchev–Trinajstić information content (AvgIpc) is 2.36. The summed E-state index contributed by atoms with van der Waals surface area (Å²) in [5.74, 6) is 0.357. The van der Waals surface area contributed by atoms with Crippen molar-refractivity contribution in [1.82, 2.24) is 4.98 Å². The standard InChI is InChI=1S/C12H11NO3/c1-15-10-4-3-8-5-9(12(14)16-2)7-13-11(8)6-10/h3-7H,1-2H3. The first-order valence-electron chi connectivity index (χ1n) is 4.76. The van der Waals surface area contributed by atoms with Crippen LogP contribution in [0.3, 0.4) is 0 Å². The third-order valence-corrected chi connectivity index (χ3v) is 2.31. The highest BCUT2D eigenvalue weighted by molar-refractivity contribution is 5.93. The van der Waals surface area contributed by atoms with E-state index in [2.05, 4.69) is 9.72 Å². The minimum atomic E-state index is -0.384. The summed E-state index contributed by atoms with van der Waals surface area (Å²) in [7, 11) is 2.95. The number of hydrogen-bond acceptors (Lipinski definition) is 4. The number of pyridine rings is 1. The van der Waals surface area contributed by atoms with Crippen molar-refractivity contribution in [3.05, 3.63) is 36.0 Å². The zero-order chi connectivity index (χ0) is 11.5. The minimum absolute atomic E-state index is 0.384. The molecule has 4 heteroatoms. The molecule has 0 saturated carbocycles. The Kier molecular flexibility index (Phi) is 2.72. The molecule has 1 heterocycles. The minimum Gasteiger partial charge on any atom is -0.497 e. The molecule has 0 unspecified atom stereocenters. The molecule has 0 aliphatic rings. The molecule has 0 N–H and O–H groups in total. The zero-order valence-corrected chi connectivity index (χ0v) is 9.06. The average molecular weight is 217 g/mol. The fraction of sp³-hybridized carbons (Fsp3) is 0.167.